The fourth-order valence-corrected chi connectivity index (χ4v) is 4.64. The van der Waals surface area contributed by atoms with Gasteiger partial charge in [-0.1, -0.05) is 36.4 Å². The number of hydrogen-bond donors (Lipinski definition) is 1. The van der Waals surface area contributed by atoms with Crippen LogP contribution in [0, 0.1) is 14.9 Å². The normalized spacial score (nSPS) is 10.9. The second-order valence-corrected chi connectivity index (χ2v) is 8.69. The van der Waals surface area contributed by atoms with Gasteiger partial charge in [-0.3, -0.25) is 4.79 Å². The number of rotatable bonds is 8. The Morgan fingerprint density at radius 2 is 1.91 bits per heavy atom. The maximum Gasteiger partial charge on any atom is 0.266 e. The second kappa shape index (κ2) is 11.7. The van der Waals surface area contributed by atoms with Crippen molar-refractivity contribution in [2.24, 2.45) is 0 Å². The molecule has 162 valence electrons. The number of halogens is 2. The summed E-state index contributed by atoms with van der Waals surface area (Å²) in [6.07, 6.45) is 1.55. The first kappa shape index (κ1) is 23.8. The van der Waals surface area contributed by atoms with E-state index in [0.29, 0.717) is 36.0 Å². The Morgan fingerprint density at radius 3 is 2.59 bits per heavy atom. The van der Waals surface area contributed by atoms with Crippen molar-refractivity contribution in [3.63, 3.8) is 0 Å². The summed E-state index contributed by atoms with van der Waals surface area (Å²) in [4.78, 5) is 12.6. The van der Waals surface area contributed by atoms with Crippen LogP contribution in [0.25, 0.3) is 6.08 Å². The topological polar surface area (TPSA) is 71.3 Å². The van der Waals surface area contributed by atoms with E-state index in [-0.39, 0.29) is 5.57 Å². The van der Waals surface area contributed by atoms with E-state index in [1.54, 1.807) is 30.3 Å². The van der Waals surface area contributed by atoms with Crippen molar-refractivity contribution in [2.45, 2.75) is 13.5 Å². The number of nitrogens with zero attached hydrogens (tertiary/aromatic N) is 1. The monoisotopic (exact) mass is 602 g/mol. The summed E-state index contributed by atoms with van der Waals surface area (Å²) in [6, 6.07) is 22.6. The first-order valence-corrected chi connectivity index (χ1v) is 11.7. The van der Waals surface area contributed by atoms with Crippen LogP contribution in [0.2, 0.25) is 0 Å². The lowest BCUT2D eigenvalue weighted by atomic mass is 10.1. The molecule has 0 atom stereocenters. The van der Waals surface area contributed by atoms with E-state index in [4.69, 9.17) is 9.47 Å². The van der Waals surface area contributed by atoms with Crippen molar-refractivity contribution in [3.05, 3.63) is 91.5 Å². The summed E-state index contributed by atoms with van der Waals surface area (Å²) in [5.74, 6) is 0.872. The third kappa shape index (κ3) is 6.58. The largest absolute Gasteiger partial charge is 0.494 e. The third-order valence-corrected chi connectivity index (χ3v) is 5.72. The lowest BCUT2D eigenvalue weighted by molar-refractivity contribution is -0.112. The molecule has 0 aliphatic heterocycles. The minimum absolute atomic E-state index is 0.00698. The van der Waals surface area contributed by atoms with E-state index < -0.39 is 5.91 Å². The predicted molar refractivity (Wildman–Crippen MR) is 137 cm³/mol. The van der Waals surface area contributed by atoms with Crippen molar-refractivity contribution in [1.29, 1.82) is 5.26 Å². The van der Waals surface area contributed by atoms with Gasteiger partial charge in [0, 0.05) is 11.8 Å². The van der Waals surface area contributed by atoms with E-state index in [1.165, 1.54) is 0 Å². The molecule has 3 rings (SSSR count). The van der Waals surface area contributed by atoms with Crippen LogP contribution in [0.4, 0.5) is 5.69 Å². The predicted octanol–water partition coefficient (Wildman–Crippen LogP) is 6.58. The zero-order valence-electron chi connectivity index (χ0n) is 17.3. The van der Waals surface area contributed by atoms with Gasteiger partial charge in [0.25, 0.3) is 5.91 Å². The third-order valence-electron chi connectivity index (χ3n) is 4.33. The average molecular weight is 603 g/mol. The molecule has 7 heteroatoms. The standard InChI is InChI=1S/C25H20BrIN2O3/c1-2-31-21-10-6-9-20(14-21)29-25(30)19(15-28)11-18-12-22(26)24(23(27)13-18)32-16-17-7-4-3-5-8-17/h3-14H,2,16H2,1H3,(H,29,30)/b19-11-. The van der Waals surface area contributed by atoms with Crippen LogP contribution >= 0.6 is 38.5 Å². The van der Waals surface area contributed by atoms with Crippen molar-refractivity contribution < 1.29 is 14.3 Å². The molecule has 0 spiro atoms. The number of carbonyl (C=O) groups is 1. The van der Waals surface area contributed by atoms with Gasteiger partial charge < -0.3 is 14.8 Å². The summed E-state index contributed by atoms with van der Waals surface area (Å²) in [7, 11) is 0. The molecule has 0 unspecified atom stereocenters. The average Bonchev–Trinajstić information content (AvgIpc) is 2.78. The molecule has 0 bridgehead atoms. The van der Waals surface area contributed by atoms with E-state index in [1.807, 2.05) is 55.5 Å². The fraction of sp³-hybridized carbons (Fsp3) is 0.120. The molecule has 1 amide bonds. The van der Waals surface area contributed by atoms with E-state index in [0.717, 1.165) is 13.6 Å². The molecule has 3 aromatic rings. The Labute approximate surface area is 209 Å². The summed E-state index contributed by atoms with van der Waals surface area (Å²) in [5, 5.41) is 12.3. The fourth-order valence-electron chi connectivity index (χ4n) is 2.87. The smallest absolute Gasteiger partial charge is 0.266 e. The highest BCUT2D eigenvalue weighted by Gasteiger charge is 2.13. The molecule has 0 saturated heterocycles. The number of nitrogens with one attached hydrogen (secondary N) is 1. The zero-order valence-corrected chi connectivity index (χ0v) is 21.0. The Kier molecular flexibility index (Phi) is 8.71. The molecule has 0 aliphatic rings. The van der Waals surface area contributed by atoms with Gasteiger partial charge in [-0.2, -0.15) is 5.26 Å². The van der Waals surface area contributed by atoms with Gasteiger partial charge in [-0.25, -0.2) is 0 Å². The number of ether oxygens (including phenoxy) is 2. The molecule has 0 aromatic heterocycles. The molecule has 1 N–H and O–H groups in total. The molecule has 0 radical (unpaired) electrons. The number of benzene rings is 3. The van der Waals surface area contributed by atoms with Gasteiger partial charge in [0.15, 0.2) is 0 Å². The van der Waals surface area contributed by atoms with E-state index in [9.17, 15) is 10.1 Å². The van der Waals surface area contributed by atoms with Gasteiger partial charge in [0.1, 0.15) is 29.7 Å². The Bertz CT molecular complexity index is 1150. The van der Waals surface area contributed by atoms with Crippen LogP contribution in [0.1, 0.15) is 18.1 Å². The lowest BCUT2D eigenvalue weighted by Gasteiger charge is -2.12. The molecule has 0 saturated carbocycles. The van der Waals surface area contributed by atoms with Gasteiger partial charge >= 0.3 is 0 Å². The number of carbonyl (C=O) groups excluding carboxylic acids is 1. The SMILES string of the molecule is CCOc1cccc(NC(=O)/C(C#N)=C\c2cc(Br)c(OCc3ccccc3)c(I)c2)c1. The molecule has 0 fully saturated rings. The Hall–Kier alpha value is -2.83. The quantitative estimate of drug-likeness (QED) is 0.180. The molecule has 3 aromatic carbocycles. The van der Waals surface area contributed by atoms with Crippen LogP contribution in [-0.4, -0.2) is 12.5 Å². The lowest BCUT2D eigenvalue weighted by Crippen LogP contribution is -2.13. The molecular formula is C25H20BrIN2O3. The number of nitriles is 1. The van der Waals surface area contributed by atoms with Crippen molar-refractivity contribution in [2.75, 3.05) is 11.9 Å². The first-order valence-electron chi connectivity index (χ1n) is 9.82. The Morgan fingerprint density at radius 1 is 1.12 bits per heavy atom. The van der Waals surface area contributed by atoms with Crippen LogP contribution in [0.3, 0.4) is 0 Å². The minimum atomic E-state index is -0.489. The molecule has 32 heavy (non-hydrogen) atoms. The number of amides is 1. The Balaban J connectivity index is 1.75. The summed E-state index contributed by atoms with van der Waals surface area (Å²) >= 11 is 5.72. The number of hydrogen-bond acceptors (Lipinski definition) is 4. The molecule has 0 heterocycles. The molecular weight excluding hydrogens is 583 g/mol. The molecule has 5 nitrogen and oxygen atoms in total. The highest BCUT2D eigenvalue weighted by atomic mass is 127. The van der Waals surface area contributed by atoms with E-state index >= 15 is 0 Å². The van der Waals surface area contributed by atoms with Crippen molar-refractivity contribution in [3.8, 4) is 17.6 Å². The van der Waals surface area contributed by atoms with Crippen LogP contribution in [0.5, 0.6) is 11.5 Å². The zero-order chi connectivity index (χ0) is 22.9. The first-order chi connectivity index (χ1) is 15.5. The highest BCUT2D eigenvalue weighted by Crippen LogP contribution is 2.33. The van der Waals surface area contributed by atoms with Crippen LogP contribution < -0.4 is 14.8 Å². The number of anilines is 1. The summed E-state index contributed by atoms with van der Waals surface area (Å²) in [6.45, 7) is 2.86. The second-order valence-electron chi connectivity index (χ2n) is 6.67. The maximum absolute atomic E-state index is 12.6. The summed E-state index contributed by atoms with van der Waals surface area (Å²) < 4.78 is 13.0. The van der Waals surface area contributed by atoms with Crippen molar-refractivity contribution >= 4 is 56.2 Å². The van der Waals surface area contributed by atoms with Gasteiger partial charge in [-0.05, 0) is 86.9 Å². The minimum Gasteiger partial charge on any atom is -0.494 e. The van der Waals surface area contributed by atoms with Crippen LogP contribution in [0.15, 0.2) is 76.8 Å². The molecule has 0 aliphatic carbocycles. The van der Waals surface area contributed by atoms with Gasteiger partial charge in [0.05, 0.1) is 14.6 Å². The van der Waals surface area contributed by atoms with E-state index in [2.05, 4.69) is 43.8 Å². The highest BCUT2D eigenvalue weighted by molar-refractivity contribution is 14.1. The maximum atomic E-state index is 12.6. The van der Waals surface area contributed by atoms with Crippen molar-refractivity contribution in [1.82, 2.24) is 0 Å². The van der Waals surface area contributed by atoms with Crippen LogP contribution in [-0.2, 0) is 11.4 Å². The van der Waals surface area contributed by atoms with Gasteiger partial charge in [-0.15, -0.1) is 0 Å². The van der Waals surface area contributed by atoms with Gasteiger partial charge in [0.2, 0.25) is 0 Å². The summed E-state index contributed by atoms with van der Waals surface area (Å²) in [5.41, 5.74) is 2.33.